The minimum Gasteiger partial charge on any atom is -0.496 e. The molecule has 0 radical (unpaired) electrons. The highest BCUT2D eigenvalue weighted by molar-refractivity contribution is 6.03. The van der Waals surface area contributed by atoms with Crippen molar-refractivity contribution in [2.24, 2.45) is 0 Å². The van der Waals surface area contributed by atoms with Crippen LogP contribution in [0.4, 0.5) is 0 Å². The number of carbonyl (C=O) groups excluding carboxylic acids is 1. The monoisotopic (exact) mass is 248 g/mol. The van der Waals surface area contributed by atoms with Crippen LogP contribution in [-0.4, -0.2) is 25.1 Å². The molecule has 0 aliphatic carbocycles. The summed E-state index contributed by atoms with van der Waals surface area (Å²) >= 11 is 0. The smallest absolute Gasteiger partial charge is 0.194 e. The topological polar surface area (TPSA) is 35.5 Å². The molecule has 0 amide bonds. The lowest BCUT2D eigenvalue weighted by molar-refractivity contribution is 0.0213. The molecular formula is C15H20O3. The van der Waals surface area contributed by atoms with E-state index in [4.69, 9.17) is 9.47 Å². The van der Waals surface area contributed by atoms with Gasteiger partial charge >= 0.3 is 0 Å². The summed E-state index contributed by atoms with van der Waals surface area (Å²) < 4.78 is 10.9. The zero-order valence-corrected chi connectivity index (χ0v) is 11.5. The van der Waals surface area contributed by atoms with Crippen molar-refractivity contribution in [1.29, 1.82) is 0 Å². The summed E-state index contributed by atoms with van der Waals surface area (Å²) in [6, 6.07) is 3.82. The van der Waals surface area contributed by atoms with E-state index in [1.807, 2.05) is 32.9 Å². The third-order valence-corrected chi connectivity index (χ3v) is 3.69. The number of methoxy groups -OCH3 is 1. The van der Waals surface area contributed by atoms with Gasteiger partial charge in [-0.3, -0.25) is 4.79 Å². The summed E-state index contributed by atoms with van der Waals surface area (Å²) in [5.41, 5.74) is 2.02. The Morgan fingerprint density at radius 3 is 2.61 bits per heavy atom. The second kappa shape index (κ2) is 4.73. The van der Waals surface area contributed by atoms with Crippen molar-refractivity contribution in [3.8, 4) is 5.75 Å². The summed E-state index contributed by atoms with van der Waals surface area (Å²) in [5.74, 6) is 0.907. The lowest BCUT2D eigenvalue weighted by atomic mass is 9.89. The van der Waals surface area contributed by atoms with Crippen LogP contribution in [0.5, 0.6) is 5.75 Å². The van der Waals surface area contributed by atoms with Crippen molar-refractivity contribution in [3.05, 3.63) is 28.8 Å². The van der Waals surface area contributed by atoms with Crippen molar-refractivity contribution >= 4 is 5.78 Å². The molecule has 0 bridgehead atoms. The fraction of sp³-hybridized carbons (Fsp3) is 0.533. The molecule has 1 aromatic carbocycles. The number of hydrogen-bond donors (Lipinski definition) is 0. The number of rotatable bonds is 3. The first-order chi connectivity index (χ1) is 8.48. The summed E-state index contributed by atoms with van der Waals surface area (Å²) in [4.78, 5) is 12.6. The van der Waals surface area contributed by atoms with E-state index in [9.17, 15) is 4.79 Å². The number of ether oxygens (including phenoxy) is 2. The molecule has 1 aromatic rings. The van der Waals surface area contributed by atoms with Gasteiger partial charge in [-0.25, -0.2) is 0 Å². The summed E-state index contributed by atoms with van der Waals surface area (Å²) in [5, 5.41) is 0. The SMILES string of the molecule is COc1cc(C)c(C(=O)C2(C)CCCO2)cc1C. The van der Waals surface area contributed by atoms with Gasteiger partial charge in [-0.2, -0.15) is 0 Å². The number of hydrogen-bond acceptors (Lipinski definition) is 3. The van der Waals surface area contributed by atoms with Gasteiger partial charge in [-0.05, 0) is 56.9 Å². The van der Waals surface area contributed by atoms with Gasteiger partial charge in [0.25, 0.3) is 0 Å². The summed E-state index contributed by atoms with van der Waals surface area (Å²) in [6.07, 6.45) is 1.76. The van der Waals surface area contributed by atoms with Crippen molar-refractivity contribution in [3.63, 3.8) is 0 Å². The first-order valence-electron chi connectivity index (χ1n) is 6.32. The summed E-state index contributed by atoms with van der Waals surface area (Å²) in [6.45, 7) is 6.46. The largest absolute Gasteiger partial charge is 0.496 e. The first-order valence-corrected chi connectivity index (χ1v) is 6.32. The normalized spacial score (nSPS) is 23.1. The summed E-state index contributed by atoms with van der Waals surface area (Å²) in [7, 11) is 1.64. The lowest BCUT2D eigenvalue weighted by Gasteiger charge is -2.23. The van der Waals surface area contributed by atoms with Crippen molar-refractivity contribution < 1.29 is 14.3 Å². The van der Waals surface area contributed by atoms with Crippen LogP contribution in [-0.2, 0) is 4.74 Å². The number of aryl methyl sites for hydroxylation is 2. The van der Waals surface area contributed by atoms with Crippen molar-refractivity contribution in [2.75, 3.05) is 13.7 Å². The predicted molar refractivity (Wildman–Crippen MR) is 70.4 cm³/mol. The molecule has 1 atom stereocenters. The van der Waals surface area contributed by atoms with E-state index in [2.05, 4.69) is 0 Å². The van der Waals surface area contributed by atoms with Gasteiger partial charge in [0, 0.05) is 12.2 Å². The fourth-order valence-electron chi connectivity index (χ4n) is 2.50. The molecule has 1 aliphatic heterocycles. The van der Waals surface area contributed by atoms with E-state index >= 15 is 0 Å². The average Bonchev–Trinajstić information content (AvgIpc) is 2.79. The molecule has 98 valence electrons. The Bertz CT molecular complexity index is 471. The molecule has 18 heavy (non-hydrogen) atoms. The molecule has 1 unspecified atom stereocenters. The minimum absolute atomic E-state index is 0.0863. The van der Waals surface area contributed by atoms with Crippen LogP contribution in [0.25, 0.3) is 0 Å². The predicted octanol–water partition coefficient (Wildman–Crippen LogP) is 3.06. The lowest BCUT2D eigenvalue weighted by Crippen LogP contribution is -2.34. The number of ketones is 1. The van der Waals surface area contributed by atoms with Crippen molar-refractivity contribution in [2.45, 2.75) is 39.2 Å². The Kier molecular flexibility index (Phi) is 3.44. The zero-order chi connectivity index (χ0) is 13.3. The molecule has 0 spiro atoms. The maximum atomic E-state index is 12.6. The van der Waals surface area contributed by atoms with E-state index < -0.39 is 5.60 Å². The maximum Gasteiger partial charge on any atom is 0.194 e. The highest BCUT2D eigenvalue weighted by Gasteiger charge is 2.38. The van der Waals surface area contributed by atoms with Gasteiger partial charge in [0.15, 0.2) is 5.78 Å². The molecule has 0 saturated carbocycles. The molecule has 1 heterocycles. The van der Waals surface area contributed by atoms with Crippen molar-refractivity contribution in [1.82, 2.24) is 0 Å². The molecule has 3 nitrogen and oxygen atoms in total. The highest BCUT2D eigenvalue weighted by Crippen LogP contribution is 2.32. The Morgan fingerprint density at radius 1 is 1.33 bits per heavy atom. The van der Waals surface area contributed by atoms with Gasteiger partial charge in [-0.1, -0.05) is 0 Å². The molecular weight excluding hydrogens is 228 g/mol. The number of Topliss-reactive ketones (excluding diaryl/α,β-unsaturated/α-hetero) is 1. The van der Waals surface area contributed by atoms with Crippen LogP contribution in [0, 0.1) is 13.8 Å². The van der Waals surface area contributed by atoms with Gasteiger partial charge in [0.05, 0.1) is 7.11 Å². The molecule has 1 aliphatic rings. The van der Waals surface area contributed by atoms with E-state index in [1.165, 1.54) is 0 Å². The van der Waals surface area contributed by atoms with Crippen LogP contribution >= 0.6 is 0 Å². The molecule has 0 N–H and O–H groups in total. The van der Waals surface area contributed by atoms with E-state index in [1.54, 1.807) is 7.11 Å². The Morgan fingerprint density at radius 2 is 2.06 bits per heavy atom. The van der Waals surface area contributed by atoms with Gasteiger partial charge in [0.2, 0.25) is 0 Å². The number of carbonyl (C=O) groups is 1. The van der Waals surface area contributed by atoms with Crippen LogP contribution in [0.2, 0.25) is 0 Å². The first kappa shape index (κ1) is 13.1. The Labute approximate surface area is 108 Å². The Hall–Kier alpha value is -1.35. The standard InChI is InChI=1S/C15H20O3/c1-10-9-13(17-4)11(2)8-12(10)14(16)15(3)6-5-7-18-15/h8-9H,5-7H2,1-4H3. The van der Waals surface area contributed by atoms with Gasteiger partial charge in [-0.15, -0.1) is 0 Å². The maximum absolute atomic E-state index is 12.6. The zero-order valence-electron chi connectivity index (χ0n) is 11.5. The third-order valence-electron chi connectivity index (χ3n) is 3.69. The number of benzene rings is 1. The van der Waals surface area contributed by atoms with Crippen LogP contribution in [0.1, 0.15) is 41.3 Å². The van der Waals surface area contributed by atoms with E-state index in [0.717, 1.165) is 35.3 Å². The molecule has 2 rings (SSSR count). The molecule has 0 aromatic heterocycles. The molecule has 1 saturated heterocycles. The van der Waals surface area contributed by atoms with E-state index in [0.29, 0.717) is 6.61 Å². The van der Waals surface area contributed by atoms with Gasteiger partial charge in [0.1, 0.15) is 11.4 Å². The van der Waals surface area contributed by atoms with E-state index in [-0.39, 0.29) is 5.78 Å². The van der Waals surface area contributed by atoms with Crippen LogP contribution in [0.3, 0.4) is 0 Å². The second-order valence-corrected chi connectivity index (χ2v) is 5.15. The minimum atomic E-state index is -0.647. The third kappa shape index (κ3) is 2.15. The Balaban J connectivity index is 2.39. The quantitative estimate of drug-likeness (QED) is 0.771. The van der Waals surface area contributed by atoms with Crippen LogP contribution in [0.15, 0.2) is 12.1 Å². The highest BCUT2D eigenvalue weighted by atomic mass is 16.5. The molecule has 1 fully saturated rings. The molecule has 3 heteroatoms. The second-order valence-electron chi connectivity index (χ2n) is 5.15. The fourth-order valence-corrected chi connectivity index (χ4v) is 2.50. The average molecular weight is 248 g/mol. The van der Waals surface area contributed by atoms with Gasteiger partial charge < -0.3 is 9.47 Å². The van der Waals surface area contributed by atoms with Crippen LogP contribution < -0.4 is 4.74 Å².